The van der Waals surface area contributed by atoms with E-state index in [1.54, 1.807) is 0 Å². The van der Waals surface area contributed by atoms with Crippen LogP contribution in [-0.4, -0.2) is 9.91 Å². The molecule has 92 valence electrons. The molecule has 2 N–H and O–H groups in total. The largest absolute Gasteiger partial charge is 0.384 e. The Morgan fingerprint density at radius 3 is 2.44 bits per heavy atom. The molecule has 0 radical (unpaired) electrons. The van der Waals surface area contributed by atoms with Gasteiger partial charge in [0.15, 0.2) is 5.69 Å². The minimum Gasteiger partial charge on any atom is -0.384 e. The lowest BCUT2D eigenvalue weighted by atomic mass is 10.1. The maximum atomic E-state index is 11.0. The molecule has 0 unspecified atom stereocenters. The van der Waals surface area contributed by atoms with Crippen LogP contribution in [0.15, 0.2) is 36.4 Å². The molecule has 2 aromatic rings. The van der Waals surface area contributed by atoms with Crippen LogP contribution in [0.4, 0.5) is 11.5 Å². The molecule has 0 amide bonds. The predicted octanol–water partition coefficient (Wildman–Crippen LogP) is 2.80. The first kappa shape index (κ1) is 12.0. The highest BCUT2D eigenvalue weighted by Gasteiger charge is 2.16. The highest BCUT2D eigenvalue weighted by molar-refractivity contribution is 5.71. The molecule has 0 bridgehead atoms. The third-order valence-corrected chi connectivity index (χ3v) is 2.73. The summed E-state index contributed by atoms with van der Waals surface area (Å²) in [6.45, 7) is 2.05. The topological polar surface area (TPSA) is 82.0 Å². The molecule has 0 aliphatic rings. The number of hydrogen-bond acceptors (Lipinski definition) is 4. The number of rotatable bonds is 3. The van der Waals surface area contributed by atoms with Crippen molar-refractivity contribution < 1.29 is 4.92 Å². The second-order valence-electron chi connectivity index (χ2n) is 3.91. The van der Waals surface area contributed by atoms with E-state index in [4.69, 9.17) is 5.73 Å². The fourth-order valence-corrected chi connectivity index (χ4v) is 1.72. The first-order chi connectivity index (χ1) is 8.61. The van der Waals surface area contributed by atoms with Gasteiger partial charge in [-0.15, -0.1) is 0 Å². The number of pyridine rings is 1. The zero-order valence-corrected chi connectivity index (χ0v) is 9.96. The Morgan fingerprint density at radius 1 is 1.22 bits per heavy atom. The summed E-state index contributed by atoms with van der Waals surface area (Å²) < 4.78 is 0. The first-order valence-electron chi connectivity index (χ1n) is 5.62. The molecule has 0 aliphatic carbocycles. The molecule has 0 atom stereocenters. The van der Waals surface area contributed by atoms with Gasteiger partial charge in [-0.2, -0.15) is 0 Å². The first-order valence-corrected chi connectivity index (χ1v) is 5.62. The van der Waals surface area contributed by atoms with E-state index in [1.165, 1.54) is 17.7 Å². The highest BCUT2D eigenvalue weighted by Crippen LogP contribution is 2.28. The lowest BCUT2D eigenvalue weighted by Crippen LogP contribution is -1.98. The van der Waals surface area contributed by atoms with Gasteiger partial charge < -0.3 is 5.73 Å². The van der Waals surface area contributed by atoms with Gasteiger partial charge in [-0.3, -0.25) is 10.1 Å². The van der Waals surface area contributed by atoms with Crippen molar-refractivity contribution in [3.05, 3.63) is 52.1 Å². The number of benzene rings is 1. The molecule has 1 heterocycles. The Hall–Kier alpha value is -2.43. The van der Waals surface area contributed by atoms with Gasteiger partial charge in [-0.1, -0.05) is 31.2 Å². The maximum absolute atomic E-state index is 11.0. The van der Waals surface area contributed by atoms with Crippen LogP contribution in [0.3, 0.4) is 0 Å². The van der Waals surface area contributed by atoms with Crippen molar-refractivity contribution in [2.75, 3.05) is 5.73 Å². The average molecular weight is 243 g/mol. The number of anilines is 1. The van der Waals surface area contributed by atoms with Gasteiger partial charge in [0.25, 0.3) is 5.69 Å². The highest BCUT2D eigenvalue weighted by atomic mass is 16.6. The van der Waals surface area contributed by atoms with Crippen LogP contribution in [0.1, 0.15) is 12.5 Å². The summed E-state index contributed by atoms with van der Waals surface area (Å²) >= 11 is 0. The zero-order chi connectivity index (χ0) is 13.1. The third kappa shape index (κ3) is 2.29. The van der Waals surface area contributed by atoms with Crippen molar-refractivity contribution >= 4 is 11.5 Å². The fraction of sp³-hybridized carbons (Fsp3) is 0.154. The molecule has 18 heavy (non-hydrogen) atoms. The number of hydrogen-bond donors (Lipinski definition) is 1. The van der Waals surface area contributed by atoms with E-state index in [2.05, 4.69) is 11.9 Å². The van der Waals surface area contributed by atoms with Crippen molar-refractivity contribution in [1.29, 1.82) is 0 Å². The number of nitro groups is 1. The van der Waals surface area contributed by atoms with Gasteiger partial charge in [0.1, 0.15) is 5.82 Å². The molecular formula is C13H13N3O2. The van der Waals surface area contributed by atoms with Crippen LogP contribution in [0, 0.1) is 10.1 Å². The summed E-state index contributed by atoms with van der Waals surface area (Å²) in [5.41, 5.74) is 7.73. The smallest absolute Gasteiger partial charge is 0.295 e. The minimum absolute atomic E-state index is 0.0338. The Morgan fingerprint density at radius 2 is 1.89 bits per heavy atom. The zero-order valence-electron chi connectivity index (χ0n) is 9.96. The Kier molecular flexibility index (Phi) is 3.23. The van der Waals surface area contributed by atoms with Crippen molar-refractivity contribution in [3.8, 4) is 11.3 Å². The summed E-state index contributed by atoms with van der Waals surface area (Å²) in [6, 6.07) is 10.3. The van der Waals surface area contributed by atoms with Gasteiger partial charge in [0.05, 0.1) is 4.92 Å². The van der Waals surface area contributed by atoms with Gasteiger partial charge >= 0.3 is 0 Å². The van der Waals surface area contributed by atoms with E-state index < -0.39 is 4.92 Å². The van der Waals surface area contributed by atoms with E-state index in [1.807, 2.05) is 24.3 Å². The fourth-order valence-electron chi connectivity index (χ4n) is 1.72. The van der Waals surface area contributed by atoms with E-state index in [-0.39, 0.29) is 11.5 Å². The molecule has 0 saturated carbocycles. The molecule has 1 aromatic heterocycles. The SMILES string of the molecule is CCc1ccc(-c2nc(N)ccc2[N+](=O)[O-])cc1. The van der Waals surface area contributed by atoms with E-state index in [9.17, 15) is 10.1 Å². The molecule has 5 heteroatoms. The number of nitrogens with zero attached hydrogens (tertiary/aromatic N) is 2. The van der Waals surface area contributed by atoms with Crippen LogP contribution in [0.2, 0.25) is 0 Å². The number of aryl methyl sites for hydroxylation is 1. The Balaban J connectivity index is 2.54. The molecular weight excluding hydrogens is 230 g/mol. The van der Waals surface area contributed by atoms with Crippen LogP contribution in [-0.2, 0) is 6.42 Å². The summed E-state index contributed by atoms with van der Waals surface area (Å²) in [5.74, 6) is 0.273. The summed E-state index contributed by atoms with van der Waals surface area (Å²) in [4.78, 5) is 14.6. The molecule has 5 nitrogen and oxygen atoms in total. The number of aromatic nitrogens is 1. The quantitative estimate of drug-likeness (QED) is 0.663. The van der Waals surface area contributed by atoms with E-state index >= 15 is 0 Å². The van der Waals surface area contributed by atoms with Gasteiger partial charge in [0.2, 0.25) is 0 Å². The molecule has 1 aromatic carbocycles. The second kappa shape index (κ2) is 4.83. The normalized spacial score (nSPS) is 10.3. The van der Waals surface area contributed by atoms with E-state index in [0.717, 1.165) is 6.42 Å². The number of nitrogen functional groups attached to an aromatic ring is 1. The summed E-state index contributed by atoms with van der Waals surface area (Å²) in [7, 11) is 0. The lowest BCUT2D eigenvalue weighted by molar-refractivity contribution is -0.384. The summed E-state index contributed by atoms with van der Waals surface area (Å²) in [6.07, 6.45) is 0.923. The van der Waals surface area contributed by atoms with Crippen molar-refractivity contribution in [2.45, 2.75) is 13.3 Å². The minimum atomic E-state index is -0.449. The molecule has 0 saturated heterocycles. The van der Waals surface area contributed by atoms with Crippen molar-refractivity contribution in [2.24, 2.45) is 0 Å². The summed E-state index contributed by atoms with van der Waals surface area (Å²) in [5, 5.41) is 11.0. The van der Waals surface area contributed by atoms with Crippen LogP contribution in [0.5, 0.6) is 0 Å². The van der Waals surface area contributed by atoms with E-state index in [0.29, 0.717) is 11.3 Å². The van der Waals surface area contributed by atoms with Crippen LogP contribution in [0.25, 0.3) is 11.3 Å². The standard InChI is InChI=1S/C13H13N3O2/c1-2-9-3-5-10(6-4-9)13-11(16(17)18)7-8-12(14)15-13/h3-8H,2H2,1H3,(H2,14,15). The maximum Gasteiger partial charge on any atom is 0.295 e. The van der Waals surface area contributed by atoms with Crippen molar-refractivity contribution in [3.63, 3.8) is 0 Å². The lowest BCUT2D eigenvalue weighted by Gasteiger charge is -2.04. The third-order valence-electron chi connectivity index (χ3n) is 2.73. The monoisotopic (exact) mass is 243 g/mol. The van der Waals surface area contributed by atoms with Crippen LogP contribution >= 0.6 is 0 Å². The Bertz CT molecular complexity index is 579. The second-order valence-corrected chi connectivity index (χ2v) is 3.91. The number of nitrogens with two attached hydrogens (primary N) is 1. The molecule has 0 fully saturated rings. The molecule has 0 spiro atoms. The van der Waals surface area contributed by atoms with Gasteiger partial charge in [0, 0.05) is 11.6 Å². The van der Waals surface area contributed by atoms with Gasteiger partial charge in [-0.25, -0.2) is 4.98 Å². The predicted molar refractivity (Wildman–Crippen MR) is 70.1 cm³/mol. The molecule has 0 aliphatic heterocycles. The Labute approximate surface area is 104 Å². The molecule has 2 rings (SSSR count). The van der Waals surface area contributed by atoms with Crippen LogP contribution < -0.4 is 5.73 Å². The van der Waals surface area contributed by atoms with Crippen molar-refractivity contribution in [1.82, 2.24) is 4.98 Å². The van der Waals surface area contributed by atoms with Gasteiger partial charge in [-0.05, 0) is 18.1 Å². The average Bonchev–Trinajstić information content (AvgIpc) is 2.38.